The molecule has 242 valence electrons. The van der Waals surface area contributed by atoms with Gasteiger partial charge in [0.15, 0.2) is 0 Å². The van der Waals surface area contributed by atoms with Gasteiger partial charge < -0.3 is 10.1 Å². The monoisotopic (exact) mass is 602 g/mol. The van der Waals surface area contributed by atoms with E-state index in [1.165, 1.54) is 36.8 Å². The third kappa shape index (κ3) is 4.55. The SMILES string of the molecule is C=C(C)[C@@H]1CC[C@]2(C(=O)NCCc3ccncc3)CC[C@]3(C)[C@H](CC[C@@H]4[C@@]5(C)CC[C@H](OC(C)=O)C(C)(C)[C@@H]5CC[C@]43C)[C@@H]12. The molecule has 6 rings (SSSR count). The van der Waals surface area contributed by atoms with Crippen molar-refractivity contribution >= 4 is 11.9 Å². The second-order valence-corrected chi connectivity index (χ2v) is 17.2. The lowest BCUT2D eigenvalue weighted by Gasteiger charge is -2.72. The van der Waals surface area contributed by atoms with Crippen molar-refractivity contribution in [2.24, 2.45) is 56.7 Å². The molecule has 1 aromatic rings. The zero-order chi connectivity index (χ0) is 31.7. The average Bonchev–Trinajstić information content (AvgIpc) is 3.37. The second-order valence-electron chi connectivity index (χ2n) is 17.2. The first-order valence-electron chi connectivity index (χ1n) is 17.7. The topological polar surface area (TPSA) is 68.3 Å². The Bertz CT molecular complexity index is 1290. The molecule has 5 saturated carbocycles. The Morgan fingerprint density at radius 3 is 2.30 bits per heavy atom. The first-order valence-corrected chi connectivity index (χ1v) is 17.7. The molecule has 0 saturated heterocycles. The van der Waals surface area contributed by atoms with Crippen LogP contribution in [0.1, 0.15) is 118 Å². The first kappa shape index (κ1) is 31.8. The van der Waals surface area contributed by atoms with Gasteiger partial charge >= 0.3 is 5.97 Å². The molecule has 0 radical (unpaired) electrons. The van der Waals surface area contributed by atoms with Gasteiger partial charge in [0.25, 0.3) is 0 Å². The van der Waals surface area contributed by atoms with Crippen LogP contribution in [-0.2, 0) is 20.7 Å². The zero-order valence-electron chi connectivity index (χ0n) is 28.6. The van der Waals surface area contributed by atoms with Gasteiger partial charge in [-0.3, -0.25) is 14.6 Å². The van der Waals surface area contributed by atoms with Crippen molar-refractivity contribution in [1.29, 1.82) is 0 Å². The summed E-state index contributed by atoms with van der Waals surface area (Å²) in [7, 11) is 0. The summed E-state index contributed by atoms with van der Waals surface area (Å²) in [5.74, 6) is 2.70. The smallest absolute Gasteiger partial charge is 0.302 e. The van der Waals surface area contributed by atoms with Crippen LogP contribution in [0.3, 0.4) is 0 Å². The molecule has 1 heterocycles. The summed E-state index contributed by atoms with van der Waals surface area (Å²) in [4.78, 5) is 30.5. The van der Waals surface area contributed by atoms with E-state index in [2.05, 4.69) is 58.4 Å². The molecule has 1 N–H and O–H groups in total. The highest BCUT2D eigenvalue weighted by molar-refractivity contribution is 5.84. The summed E-state index contributed by atoms with van der Waals surface area (Å²) in [6.07, 6.45) is 15.7. The van der Waals surface area contributed by atoms with Gasteiger partial charge in [-0.2, -0.15) is 0 Å². The maximum atomic E-state index is 14.3. The number of rotatable bonds is 6. The van der Waals surface area contributed by atoms with Crippen LogP contribution in [0.15, 0.2) is 36.7 Å². The highest BCUT2D eigenvalue weighted by Crippen LogP contribution is 2.77. The summed E-state index contributed by atoms with van der Waals surface area (Å²) in [5.41, 5.74) is 2.87. The number of nitrogens with one attached hydrogen (secondary N) is 1. The molecule has 0 unspecified atom stereocenters. The van der Waals surface area contributed by atoms with E-state index < -0.39 is 0 Å². The van der Waals surface area contributed by atoms with Crippen LogP contribution in [0.4, 0.5) is 0 Å². The van der Waals surface area contributed by atoms with Crippen LogP contribution >= 0.6 is 0 Å². The minimum Gasteiger partial charge on any atom is -0.462 e. The van der Waals surface area contributed by atoms with Crippen molar-refractivity contribution in [3.05, 3.63) is 42.2 Å². The van der Waals surface area contributed by atoms with Crippen LogP contribution in [0.25, 0.3) is 0 Å². The van der Waals surface area contributed by atoms with Crippen molar-refractivity contribution in [3.63, 3.8) is 0 Å². The molecule has 5 aliphatic rings. The maximum absolute atomic E-state index is 14.3. The molecular weight excluding hydrogens is 544 g/mol. The number of allylic oxidation sites excluding steroid dienone is 1. The van der Waals surface area contributed by atoms with Crippen LogP contribution in [0, 0.1) is 56.7 Å². The number of aromatic nitrogens is 1. The number of esters is 1. The molecule has 0 aromatic carbocycles. The Balaban J connectivity index is 1.28. The highest BCUT2D eigenvalue weighted by Gasteiger charge is 2.72. The summed E-state index contributed by atoms with van der Waals surface area (Å²) >= 11 is 0. The van der Waals surface area contributed by atoms with Crippen LogP contribution in [-0.4, -0.2) is 29.5 Å². The van der Waals surface area contributed by atoms with Gasteiger partial charge in [0, 0.05) is 31.3 Å². The van der Waals surface area contributed by atoms with Gasteiger partial charge in [0.05, 0.1) is 5.41 Å². The van der Waals surface area contributed by atoms with Crippen molar-refractivity contribution in [2.45, 2.75) is 125 Å². The fourth-order valence-electron chi connectivity index (χ4n) is 13.0. The Morgan fingerprint density at radius 1 is 0.886 bits per heavy atom. The molecule has 0 aliphatic heterocycles. The van der Waals surface area contributed by atoms with Crippen molar-refractivity contribution in [3.8, 4) is 0 Å². The number of amides is 1. The Morgan fingerprint density at radius 2 is 1.61 bits per heavy atom. The number of ether oxygens (including phenoxy) is 1. The summed E-state index contributed by atoms with van der Waals surface area (Å²) < 4.78 is 5.95. The van der Waals surface area contributed by atoms with E-state index in [0.717, 1.165) is 44.9 Å². The lowest BCUT2D eigenvalue weighted by atomic mass is 9.32. The lowest BCUT2D eigenvalue weighted by molar-refractivity contribution is -0.248. The molecule has 10 atom stereocenters. The summed E-state index contributed by atoms with van der Waals surface area (Å²) in [6, 6.07) is 4.09. The molecule has 1 amide bonds. The molecule has 0 bridgehead atoms. The van der Waals surface area contributed by atoms with Crippen molar-refractivity contribution < 1.29 is 14.3 Å². The van der Waals surface area contributed by atoms with E-state index in [9.17, 15) is 9.59 Å². The zero-order valence-corrected chi connectivity index (χ0v) is 28.6. The fraction of sp³-hybridized carbons (Fsp3) is 0.769. The van der Waals surface area contributed by atoms with Crippen LogP contribution in [0.5, 0.6) is 0 Å². The molecule has 0 spiro atoms. The summed E-state index contributed by atoms with van der Waals surface area (Å²) in [5, 5.41) is 3.44. The third-order valence-electron chi connectivity index (χ3n) is 15.2. The lowest BCUT2D eigenvalue weighted by Crippen LogP contribution is -2.67. The molecule has 5 heteroatoms. The van der Waals surface area contributed by atoms with Gasteiger partial charge in [-0.1, -0.05) is 46.8 Å². The Labute approximate surface area is 266 Å². The largest absolute Gasteiger partial charge is 0.462 e. The van der Waals surface area contributed by atoms with Crippen molar-refractivity contribution in [2.75, 3.05) is 6.54 Å². The molecule has 5 nitrogen and oxygen atoms in total. The van der Waals surface area contributed by atoms with E-state index in [1.807, 2.05) is 24.5 Å². The molecular formula is C39H58N2O3. The first-order chi connectivity index (χ1) is 20.7. The van der Waals surface area contributed by atoms with E-state index in [1.54, 1.807) is 6.92 Å². The number of hydrogen-bond donors (Lipinski definition) is 1. The second kappa shape index (κ2) is 11.0. The normalized spacial score (nSPS) is 43.9. The molecule has 44 heavy (non-hydrogen) atoms. The fourth-order valence-corrected chi connectivity index (χ4v) is 13.0. The van der Waals surface area contributed by atoms with Gasteiger partial charge in [-0.25, -0.2) is 0 Å². The minimum absolute atomic E-state index is 0.0107. The quantitative estimate of drug-likeness (QED) is 0.263. The Hall–Kier alpha value is -2.17. The number of nitrogens with zero attached hydrogens (tertiary/aromatic N) is 1. The van der Waals surface area contributed by atoms with Gasteiger partial charge in [-0.15, -0.1) is 0 Å². The van der Waals surface area contributed by atoms with E-state index in [-0.39, 0.29) is 39.1 Å². The number of carbonyl (C=O) groups excluding carboxylic acids is 2. The average molecular weight is 603 g/mol. The summed E-state index contributed by atoms with van der Waals surface area (Å²) in [6.45, 7) is 21.6. The third-order valence-corrected chi connectivity index (χ3v) is 15.2. The maximum Gasteiger partial charge on any atom is 0.302 e. The molecule has 5 fully saturated rings. The number of pyridine rings is 1. The van der Waals surface area contributed by atoms with E-state index in [0.29, 0.717) is 42.0 Å². The number of hydrogen-bond acceptors (Lipinski definition) is 4. The number of carbonyl (C=O) groups is 2. The van der Waals surface area contributed by atoms with Gasteiger partial charge in [0.1, 0.15) is 6.10 Å². The van der Waals surface area contributed by atoms with Gasteiger partial charge in [0.2, 0.25) is 5.91 Å². The van der Waals surface area contributed by atoms with Crippen molar-refractivity contribution in [1.82, 2.24) is 10.3 Å². The standard InChI is InChI=1S/C39H58N2O3/c1-25(2)28-11-19-39(34(43)41-24-16-27-14-22-40-23-15-27)21-20-37(7)29(33(28)39)9-10-31-36(6)17-13-32(44-26(3)42)35(4,5)30(36)12-18-38(31,37)8/h14-15,22-23,28-33H,1,9-13,16-21,24H2,2-8H3,(H,41,43)/t28-,29+,30-,31+,32-,33+,36-,37+,38+,39-/m0/s1. The highest BCUT2D eigenvalue weighted by atomic mass is 16.5. The van der Waals surface area contributed by atoms with E-state index >= 15 is 0 Å². The molecule has 1 aromatic heterocycles. The minimum atomic E-state index is -0.277. The van der Waals surface area contributed by atoms with E-state index in [4.69, 9.17) is 4.74 Å². The van der Waals surface area contributed by atoms with Crippen LogP contribution in [0.2, 0.25) is 0 Å². The van der Waals surface area contributed by atoms with Crippen LogP contribution < -0.4 is 5.32 Å². The number of fused-ring (bicyclic) bond motifs is 7. The Kier molecular flexibility index (Phi) is 7.93. The predicted molar refractivity (Wildman–Crippen MR) is 175 cm³/mol. The van der Waals surface area contributed by atoms with Gasteiger partial charge in [-0.05, 0) is 141 Å². The predicted octanol–water partition coefficient (Wildman–Crippen LogP) is 8.33. The molecule has 5 aliphatic carbocycles.